The Bertz CT molecular complexity index is 1040. The third-order valence-electron chi connectivity index (χ3n) is 3.88. The van der Waals surface area contributed by atoms with Gasteiger partial charge in [0.1, 0.15) is 17.2 Å². The Morgan fingerprint density at radius 2 is 1.64 bits per heavy atom. The normalized spacial score (nSPS) is 11.4. The molecule has 0 aliphatic heterocycles. The molecular weight excluding hydrogens is 329 g/mol. The molecule has 0 amide bonds. The summed E-state index contributed by atoms with van der Waals surface area (Å²) in [5.41, 5.74) is 2.26. The Balaban J connectivity index is 1.79. The van der Waals surface area contributed by atoms with Crippen LogP contribution in [0.1, 0.15) is 12.1 Å². The van der Waals surface area contributed by atoms with Crippen LogP contribution in [0, 0.1) is 5.82 Å². The van der Waals surface area contributed by atoms with E-state index in [2.05, 4.69) is 9.97 Å². The predicted molar refractivity (Wildman–Crippen MR) is 87.6 cm³/mol. The Hall–Kier alpha value is -3.15. The second-order valence-electron chi connectivity index (χ2n) is 5.48. The molecule has 3 nitrogen and oxygen atoms in total. The van der Waals surface area contributed by atoms with Crippen LogP contribution in [0.15, 0.2) is 65.4 Å². The summed E-state index contributed by atoms with van der Waals surface area (Å²) in [7, 11) is 0. The van der Waals surface area contributed by atoms with Crippen LogP contribution in [-0.4, -0.2) is 9.97 Å². The zero-order valence-corrected chi connectivity index (χ0v) is 12.8. The number of fused-ring (bicyclic) bond motifs is 1. The van der Waals surface area contributed by atoms with Gasteiger partial charge in [-0.25, -0.2) is 23.1 Å². The highest BCUT2D eigenvalue weighted by Crippen LogP contribution is 2.33. The van der Waals surface area contributed by atoms with Crippen molar-refractivity contribution in [3.05, 3.63) is 72.5 Å². The van der Waals surface area contributed by atoms with Gasteiger partial charge in [0.05, 0.1) is 5.52 Å². The summed E-state index contributed by atoms with van der Waals surface area (Å²) in [5, 5.41) is 0.718. The lowest BCUT2D eigenvalue weighted by Crippen LogP contribution is -1.91. The minimum absolute atomic E-state index is 0.256. The molecule has 0 aliphatic carbocycles. The monoisotopic (exact) mass is 340 g/mol. The van der Waals surface area contributed by atoms with Crippen molar-refractivity contribution in [1.82, 2.24) is 9.97 Å². The quantitative estimate of drug-likeness (QED) is 0.485. The van der Waals surface area contributed by atoms with Gasteiger partial charge < -0.3 is 4.42 Å². The second kappa shape index (κ2) is 6.05. The van der Waals surface area contributed by atoms with Crippen molar-refractivity contribution in [2.75, 3.05) is 0 Å². The Morgan fingerprint density at radius 3 is 2.40 bits per heavy atom. The molecule has 2 heterocycles. The SMILES string of the molecule is Fc1ccc(-c2ocnc2-c2ccc3nc(C(F)F)ccc3c2)cc1. The highest BCUT2D eigenvalue weighted by Gasteiger charge is 2.14. The van der Waals surface area contributed by atoms with E-state index in [0.29, 0.717) is 22.5 Å². The van der Waals surface area contributed by atoms with E-state index in [0.717, 1.165) is 10.9 Å². The number of alkyl halides is 2. The number of oxazole rings is 1. The van der Waals surface area contributed by atoms with Gasteiger partial charge in [-0.05, 0) is 42.5 Å². The zero-order valence-electron chi connectivity index (χ0n) is 12.8. The lowest BCUT2D eigenvalue weighted by molar-refractivity contribution is 0.146. The molecule has 0 atom stereocenters. The third-order valence-corrected chi connectivity index (χ3v) is 3.88. The molecule has 2 aromatic heterocycles. The first kappa shape index (κ1) is 15.4. The molecule has 25 heavy (non-hydrogen) atoms. The van der Waals surface area contributed by atoms with E-state index in [-0.39, 0.29) is 11.5 Å². The number of nitrogens with zero attached hydrogens (tertiary/aromatic N) is 2. The molecule has 4 aromatic rings. The number of hydrogen-bond acceptors (Lipinski definition) is 3. The predicted octanol–water partition coefficient (Wildman–Crippen LogP) is 5.63. The van der Waals surface area contributed by atoms with Crippen molar-refractivity contribution in [3.8, 4) is 22.6 Å². The second-order valence-corrected chi connectivity index (χ2v) is 5.48. The van der Waals surface area contributed by atoms with Crippen LogP contribution in [0.3, 0.4) is 0 Å². The Labute approximate surface area is 140 Å². The number of halogens is 3. The maximum Gasteiger partial charge on any atom is 0.280 e. The van der Waals surface area contributed by atoms with Crippen LogP contribution < -0.4 is 0 Å². The van der Waals surface area contributed by atoms with Crippen LogP contribution in [0.2, 0.25) is 0 Å². The van der Waals surface area contributed by atoms with E-state index in [1.54, 1.807) is 30.3 Å². The van der Waals surface area contributed by atoms with Crippen LogP contribution in [-0.2, 0) is 0 Å². The number of aromatic nitrogens is 2. The van der Waals surface area contributed by atoms with Crippen LogP contribution in [0.4, 0.5) is 13.2 Å². The first-order chi connectivity index (χ1) is 12.1. The molecule has 0 saturated heterocycles. The average Bonchev–Trinajstić information content (AvgIpc) is 3.11. The van der Waals surface area contributed by atoms with E-state index < -0.39 is 6.43 Å². The lowest BCUT2D eigenvalue weighted by Gasteiger charge is -2.05. The topological polar surface area (TPSA) is 38.9 Å². The molecular formula is C19H11F3N2O. The van der Waals surface area contributed by atoms with Gasteiger partial charge in [-0.1, -0.05) is 12.1 Å². The summed E-state index contributed by atoms with van der Waals surface area (Å²) in [4.78, 5) is 8.19. The van der Waals surface area contributed by atoms with Crippen LogP contribution in [0.25, 0.3) is 33.5 Å². The molecule has 0 fully saturated rings. The molecule has 4 rings (SSSR count). The van der Waals surface area contributed by atoms with Gasteiger partial charge >= 0.3 is 0 Å². The van der Waals surface area contributed by atoms with Crippen molar-refractivity contribution in [3.63, 3.8) is 0 Å². The van der Waals surface area contributed by atoms with Gasteiger partial charge in [0.25, 0.3) is 6.43 Å². The van der Waals surface area contributed by atoms with E-state index in [1.807, 2.05) is 6.07 Å². The molecule has 0 N–H and O–H groups in total. The fraction of sp³-hybridized carbons (Fsp3) is 0.0526. The molecule has 0 aliphatic rings. The van der Waals surface area contributed by atoms with Crippen molar-refractivity contribution in [1.29, 1.82) is 0 Å². The minimum Gasteiger partial charge on any atom is -0.443 e. The maximum atomic E-state index is 13.1. The fourth-order valence-corrected chi connectivity index (χ4v) is 2.67. The average molecular weight is 340 g/mol. The fourth-order valence-electron chi connectivity index (χ4n) is 2.67. The third kappa shape index (κ3) is 2.87. The lowest BCUT2D eigenvalue weighted by atomic mass is 10.0. The molecule has 6 heteroatoms. The van der Waals surface area contributed by atoms with Crippen molar-refractivity contribution >= 4 is 10.9 Å². The van der Waals surface area contributed by atoms with Gasteiger partial charge in [-0.15, -0.1) is 0 Å². The summed E-state index contributed by atoms with van der Waals surface area (Å²) in [5.74, 6) is 0.174. The summed E-state index contributed by atoms with van der Waals surface area (Å²) in [6.07, 6.45) is -1.29. The van der Waals surface area contributed by atoms with E-state index in [4.69, 9.17) is 4.42 Å². The molecule has 2 aromatic carbocycles. The van der Waals surface area contributed by atoms with E-state index >= 15 is 0 Å². The zero-order chi connectivity index (χ0) is 17.4. The molecule has 0 saturated carbocycles. The van der Waals surface area contributed by atoms with Crippen LogP contribution >= 0.6 is 0 Å². The van der Waals surface area contributed by atoms with Gasteiger partial charge in [0, 0.05) is 16.5 Å². The largest absolute Gasteiger partial charge is 0.443 e. The van der Waals surface area contributed by atoms with Gasteiger partial charge in [0.2, 0.25) is 0 Å². The van der Waals surface area contributed by atoms with Crippen molar-refractivity contribution in [2.45, 2.75) is 6.43 Å². The van der Waals surface area contributed by atoms with Crippen molar-refractivity contribution in [2.24, 2.45) is 0 Å². The van der Waals surface area contributed by atoms with Crippen LogP contribution in [0.5, 0.6) is 0 Å². The van der Waals surface area contributed by atoms with Gasteiger partial charge in [-0.2, -0.15) is 0 Å². The summed E-state index contributed by atoms with van der Waals surface area (Å²) < 4.78 is 44.1. The summed E-state index contributed by atoms with van der Waals surface area (Å²) >= 11 is 0. The van der Waals surface area contributed by atoms with Gasteiger partial charge in [-0.3, -0.25) is 0 Å². The minimum atomic E-state index is -2.61. The molecule has 0 radical (unpaired) electrons. The number of benzene rings is 2. The number of hydrogen-bond donors (Lipinski definition) is 0. The first-order valence-electron chi connectivity index (χ1n) is 7.50. The Kier molecular flexibility index (Phi) is 3.72. The molecule has 124 valence electrons. The summed E-state index contributed by atoms with van der Waals surface area (Å²) in [6.45, 7) is 0. The molecule has 0 unspecified atom stereocenters. The first-order valence-corrected chi connectivity index (χ1v) is 7.50. The highest BCUT2D eigenvalue weighted by molar-refractivity contribution is 5.86. The van der Waals surface area contributed by atoms with Crippen molar-refractivity contribution < 1.29 is 17.6 Å². The van der Waals surface area contributed by atoms with E-state index in [1.165, 1.54) is 24.6 Å². The maximum absolute atomic E-state index is 13.1. The Morgan fingerprint density at radius 1 is 0.880 bits per heavy atom. The smallest absolute Gasteiger partial charge is 0.280 e. The highest BCUT2D eigenvalue weighted by atomic mass is 19.3. The summed E-state index contributed by atoms with van der Waals surface area (Å²) in [6, 6.07) is 14.0. The van der Waals surface area contributed by atoms with E-state index in [9.17, 15) is 13.2 Å². The number of rotatable bonds is 3. The molecule has 0 bridgehead atoms. The standard InChI is InChI=1S/C19H11F3N2O/c20-14-5-1-11(2-6-14)18-17(23-10-25-18)13-4-7-15-12(9-13)3-8-16(24-15)19(21)22/h1-10,19H. The number of pyridine rings is 1. The molecule has 0 spiro atoms. The van der Waals surface area contributed by atoms with Gasteiger partial charge in [0.15, 0.2) is 12.2 Å².